The number of carbonyl (C=O) groups excluding carboxylic acids is 2. The molecule has 168 valence electrons. The number of amides is 1. The first-order valence-electron chi connectivity index (χ1n) is 10.9. The second kappa shape index (κ2) is 9.27. The molecule has 0 spiro atoms. The monoisotopic (exact) mass is 507 g/mol. The molecule has 0 unspecified atom stereocenters. The van der Waals surface area contributed by atoms with Gasteiger partial charge in [0, 0.05) is 23.1 Å². The van der Waals surface area contributed by atoms with E-state index in [2.05, 4.69) is 43.6 Å². The molecule has 1 fully saturated rings. The van der Waals surface area contributed by atoms with Crippen molar-refractivity contribution in [2.24, 2.45) is 5.92 Å². The van der Waals surface area contributed by atoms with E-state index in [1.54, 1.807) is 4.68 Å². The summed E-state index contributed by atoms with van der Waals surface area (Å²) < 4.78 is 7.61. The van der Waals surface area contributed by atoms with Crippen LogP contribution in [-0.2, 0) is 22.6 Å². The van der Waals surface area contributed by atoms with Crippen LogP contribution in [0.2, 0.25) is 0 Å². The summed E-state index contributed by atoms with van der Waals surface area (Å²) >= 11 is 3.61. The number of aromatic nitrogens is 4. The fourth-order valence-corrected chi connectivity index (χ4v) is 4.82. The Kier molecular flexibility index (Phi) is 6.04. The second-order valence-corrected chi connectivity index (χ2v) is 9.04. The third kappa shape index (κ3) is 4.59. The van der Waals surface area contributed by atoms with Crippen LogP contribution in [0.25, 0.3) is 11.8 Å². The highest BCUT2D eigenvalue weighted by atomic mass is 79.9. The molecule has 1 aromatic heterocycles. The highest BCUT2D eigenvalue weighted by molar-refractivity contribution is 9.10. The minimum atomic E-state index is -0.262. The Morgan fingerprint density at radius 2 is 1.94 bits per heavy atom. The van der Waals surface area contributed by atoms with Gasteiger partial charge < -0.3 is 9.64 Å². The first-order valence-corrected chi connectivity index (χ1v) is 11.6. The quantitative estimate of drug-likeness (QED) is 0.490. The average Bonchev–Trinajstić information content (AvgIpc) is 3.50. The Balaban J connectivity index is 1.14. The van der Waals surface area contributed by atoms with Crippen molar-refractivity contribution in [3.05, 3.63) is 75.5 Å². The summed E-state index contributed by atoms with van der Waals surface area (Å²) in [5.74, 6) is 0.308. The fraction of sp³-hybridized carbons (Fsp3) is 0.292. The Hall–Kier alpha value is -3.33. The van der Waals surface area contributed by atoms with Gasteiger partial charge in [-0.3, -0.25) is 4.79 Å². The van der Waals surface area contributed by atoms with Crippen LogP contribution < -0.4 is 0 Å². The van der Waals surface area contributed by atoms with Gasteiger partial charge in [-0.05, 0) is 74.4 Å². The van der Waals surface area contributed by atoms with E-state index in [-0.39, 0.29) is 11.9 Å². The van der Waals surface area contributed by atoms with E-state index in [0.29, 0.717) is 24.5 Å². The van der Waals surface area contributed by atoms with Crippen LogP contribution in [0.3, 0.4) is 0 Å². The molecule has 2 aromatic carbocycles. The number of esters is 1. The normalized spacial score (nSPS) is 16.3. The molecular weight excluding hydrogens is 486 g/mol. The van der Waals surface area contributed by atoms with Gasteiger partial charge in [0.1, 0.15) is 12.9 Å². The van der Waals surface area contributed by atoms with Gasteiger partial charge in [0.25, 0.3) is 0 Å². The molecule has 0 atom stereocenters. The number of carbonyl (C=O) groups is 2. The zero-order valence-corrected chi connectivity index (χ0v) is 19.4. The number of benzene rings is 2. The Morgan fingerprint density at radius 3 is 2.67 bits per heavy atom. The van der Waals surface area contributed by atoms with Gasteiger partial charge in [-0.2, -0.15) is 0 Å². The molecule has 1 saturated heterocycles. The van der Waals surface area contributed by atoms with E-state index in [1.165, 1.54) is 6.33 Å². The van der Waals surface area contributed by atoms with Crippen molar-refractivity contribution in [1.82, 2.24) is 25.1 Å². The maximum Gasteiger partial charge on any atom is 0.338 e. The summed E-state index contributed by atoms with van der Waals surface area (Å²) in [5, 5.41) is 11.1. The van der Waals surface area contributed by atoms with E-state index >= 15 is 0 Å². The summed E-state index contributed by atoms with van der Waals surface area (Å²) in [6, 6.07) is 11.5. The van der Waals surface area contributed by atoms with Crippen LogP contribution in [0.1, 0.15) is 39.9 Å². The first kappa shape index (κ1) is 21.5. The van der Waals surface area contributed by atoms with E-state index in [0.717, 1.165) is 52.8 Å². The molecule has 0 N–H and O–H groups in total. The highest BCUT2D eigenvalue weighted by Gasteiger charge is 2.25. The van der Waals surface area contributed by atoms with Crippen LogP contribution in [-0.4, -0.2) is 50.1 Å². The van der Waals surface area contributed by atoms with Gasteiger partial charge >= 0.3 is 5.97 Å². The molecule has 1 amide bonds. The lowest BCUT2D eigenvalue weighted by atomic mass is 9.94. The topological polar surface area (TPSA) is 90.2 Å². The highest BCUT2D eigenvalue weighted by Crippen LogP contribution is 2.32. The number of nitrogens with zero attached hydrogens (tertiary/aromatic N) is 5. The van der Waals surface area contributed by atoms with E-state index in [1.807, 2.05) is 41.3 Å². The standard InChI is InChI=1S/C24H22BrN5O3/c25-23-18(5-8-20-21(23)14-33-24(20)32)4-1-16-9-11-29(12-10-16)22(31)13-17-2-6-19(7-3-17)30-15-26-27-28-30/h1-8,15-16H,9-14H2/b4-1+. The lowest BCUT2D eigenvalue weighted by Gasteiger charge is -2.31. The van der Waals surface area contributed by atoms with Crippen molar-refractivity contribution in [2.45, 2.75) is 25.9 Å². The number of tetrazole rings is 1. The number of ether oxygens (including phenoxy) is 1. The predicted octanol–water partition coefficient (Wildman–Crippen LogP) is 3.59. The molecule has 0 saturated carbocycles. The molecular formula is C24H22BrN5O3. The number of fused-ring (bicyclic) bond motifs is 1. The van der Waals surface area contributed by atoms with Crippen LogP contribution >= 0.6 is 15.9 Å². The van der Waals surface area contributed by atoms with Gasteiger partial charge in [0.05, 0.1) is 17.7 Å². The van der Waals surface area contributed by atoms with Gasteiger partial charge in [-0.15, -0.1) is 5.10 Å². The third-order valence-electron chi connectivity index (χ3n) is 6.19. The molecule has 2 aliphatic heterocycles. The number of halogens is 1. The zero-order valence-electron chi connectivity index (χ0n) is 17.9. The van der Waals surface area contributed by atoms with Crippen molar-refractivity contribution in [1.29, 1.82) is 0 Å². The van der Waals surface area contributed by atoms with Gasteiger partial charge in [-0.25, -0.2) is 9.48 Å². The van der Waals surface area contributed by atoms with Crippen molar-refractivity contribution in [3.63, 3.8) is 0 Å². The molecule has 3 heterocycles. The van der Waals surface area contributed by atoms with Crippen molar-refractivity contribution < 1.29 is 14.3 Å². The Morgan fingerprint density at radius 1 is 1.15 bits per heavy atom. The number of cyclic esters (lactones) is 1. The van der Waals surface area contributed by atoms with Crippen molar-refractivity contribution in [2.75, 3.05) is 13.1 Å². The molecule has 0 radical (unpaired) electrons. The number of likely N-dealkylation sites (tertiary alicyclic amines) is 1. The lowest BCUT2D eigenvalue weighted by Crippen LogP contribution is -2.39. The Bertz CT molecular complexity index is 1200. The minimum absolute atomic E-state index is 0.152. The minimum Gasteiger partial charge on any atom is -0.457 e. The number of hydrogen-bond acceptors (Lipinski definition) is 6. The molecule has 0 bridgehead atoms. The van der Waals surface area contributed by atoms with Crippen molar-refractivity contribution in [3.8, 4) is 5.69 Å². The smallest absolute Gasteiger partial charge is 0.338 e. The average molecular weight is 508 g/mol. The van der Waals surface area contributed by atoms with E-state index in [9.17, 15) is 9.59 Å². The third-order valence-corrected chi connectivity index (χ3v) is 7.12. The van der Waals surface area contributed by atoms with E-state index < -0.39 is 0 Å². The number of piperidine rings is 1. The van der Waals surface area contributed by atoms with Crippen LogP contribution in [0.15, 0.2) is 53.3 Å². The first-order chi connectivity index (χ1) is 16.1. The maximum atomic E-state index is 12.8. The summed E-state index contributed by atoms with van der Waals surface area (Å²) in [6.07, 6.45) is 8.11. The van der Waals surface area contributed by atoms with E-state index in [4.69, 9.17) is 4.74 Å². The van der Waals surface area contributed by atoms with Crippen LogP contribution in [0.5, 0.6) is 0 Å². The Labute approximate surface area is 199 Å². The molecule has 0 aliphatic carbocycles. The van der Waals surface area contributed by atoms with Crippen molar-refractivity contribution >= 4 is 33.9 Å². The predicted molar refractivity (Wildman–Crippen MR) is 124 cm³/mol. The largest absolute Gasteiger partial charge is 0.457 e. The second-order valence-electron chi connectivity index (χ2n) is 8.25. The lowest BCUT2D eigenvalue weighted by molar-refractivity contribution is -0.131. The molecule has 3 aromatic rings. The number of allylic oxidation sites excluding steroid dienone is 1. The SMILES string of the molecule is O=C1OCc2c1ccc(/C=C/C1CCN(C(=O)Cc3ccc(-n4cnnn4)cc3)CC1)c2Br. The maximum absolute atomic E-state index is 12.8. The number of rotatable bonds is 5. The molecule has 2 aliphatic rings. The fourth-order valence-electron chi connectivity index (χ4n) is 4.23. The van der Waals surface area contributed by atoms with Gasteiger partial charge in [0.15, 0.2) is 0 Å². The van der Waals surface area contributed by atoms with Crippen LogP contribution in [0, 0.1) is 5.92 Å². The summed E-state index contributed by atoms with van der Waals surface area (Å²) in [7, 11) is 0. The van der Waals surface area contributed by atoms with Crippen LogP contribution in [0.4, 0.5) is 0 Å². The summed E-state index contributed by atoms with van der Waals surface area (Å²) in [6.45, 7) is 1.83. The summed E-state index contributed by atoms with van der Waals surface area (Å²) in [5.41, 5.74) is 4.42. The van der Waals surface area contributed by atoms with Gasteiger partial charge in [0.2, 0.25) is 5.91 Å². The number of hydrogen-bond donors (Lipinski definition) is 0. The molecule has 8 nitrogen and oxygen atoms in total. The molecule has 33 heavy (non-hydrogen) atoms. The molecule has 9 heteroatoms. The van der Waals surface area contributed by atoms with Gasteiger partial charge in [-0.1, -0.05) is 30.4 Å². The summed E-state index contributed by atoms with van der Waals surface area (Å²) in [4.78, 5) is 26.4. The zero-order chi connectivity index (χ0) is 22.8. The molecule has 5 rings (SSSR count).